The van der Waals surface area contributed by atoms with E-state index in [1.807, 2.05) is 12.1 Å². The highest BCUT2D eigenvalue weighted by Crippen LogP contribution is 2.58. The lowest BCUT2D eigenvalue weighted by Crippen LogP contribution is -2.27. The molecule has 0 fully saturated rings. The minimum absolute atomic E-state index is 0.210. The third-order valence-corrected chi connectivity index (χ3v) is 7.62. The minimum atomic E-state index is -0.381. The molecule has 0 aromatic heterocycles. The van der Waals surface area contributed by atoms with Crippen molar-refractivity contribution >= 4 is 11.4 Å². The molecule has 0 bridgehead atoms. The van der Waals surface area contributed by atoms with E-state index in [0.717, 1.165) is 40.4 Å². The van der Waals surface area contributed by atoms with Crippen LogP contribution in [0, 0.1) is 13.8 Å². The summed E-state index contributed by atoms with van der Waals surface area (Å²) in [5.41, 5.74) is 22.1. The zero-order chi connectivity index (χ0) is 23.4. The van der Waals surface area contributed by atoms with Crippen LogP contribution < -0.4 is 20.9 Å². The van der Waals surface area contributed by atoms with E-state index in [0.29, 0.717) is 0 Å². The van der Waals surface area contributed by atoms with Crippen LogP contribution in [-0.4, -0.2) is 6.79 Å². The molecule has 0 saturated carbocycles. The molecular weight excluding hydrogens is 420 g/mol. The Labute approximate surface area is 200 Å². The summed E-state index contributed by atoms with van der Waals surface area (Å²) < 4.78 is 11.7. The van der Waals surface area contributed by atoms with Gasteiger partial charge in [-0.15, -0.1) is 0 Å². The van der Waals surface area contributed by atoms with E-state index in [-0.39, 0.29) is 18.1 Å². The first-order chi connectivity index (χ1) is 16.5. The zero-order valence-corrected chi connectivity index (χ0v) is 19.5. The van der Waals surface area contributed by atoms with E-state index < -0.39 is 0 Å². The Kier molecular flexibility index (Phi) is 4.59. The maximum atomic E-state index is 6.25. The van der Waals surface area contributed by atoms with Crippen LogP contribution in [0.25, 0.3) is 0 Å². The van der Waals surface area contributed by atoms with Gasteiger partial charge in [0.1, 0.15) is 0 Å². The van der Waals surface area contributed by atoms with Gasteiger partial charge in [0.25, 0.3) is 0 Å². The monoisotopic (exact) mass is 448 g/mol. The number of hydrogen-bond acceptors (Lipinski definition) is 4. The molecular formula is C30H28N2O2. The van der Waals surface area contributed by atoms with E-state index in [1.54, 1.807) is 0 Å². The Bertz CT molecular complexity index is 1360. The molecule has 1 unspecified atom stereocenters. The van der Waals surface area contributed by atoms with Crippen molar-refractivity contribution in [1.29, 1.82) is 0 Å². The van der Waals surface area contributed by atoms with Gasteiger partial charge in [0, 0.05) is 22.7 Å². The molecule has 1 heterocycles. The number of rotatable bonds is 3. The first-order valence-electron chi connectivity index (χ1n) is 11.7. The van der Waals surface area contributed by atoms with Crippen molar-refractivity contribution < 1.29 is 9.47 Å². The first kappa shape index (κ1) is 20.7. The van der Waals surface area contributed by atoms with Crippen molar-refractivity contribution in [3.63, 3.8) is 0 Å². The molecule has 0 saturated heterocycles. The minimum Gasteiger partial charge on any atom is -0.454 e. The Balaban J connectivity index is 1.69. The second-order valence-corrected chi connectivity index (χ2v) is 9.51. The SMILES string of the molecule is Cc1cc(C2(c3ccc(N)c(C)c3)CC(c3ccccc3)c3cc4c(cc32)OCO4)ccc1N. The van der Waals surface area contributed by atoms with Gasteiger partial charge in [-0.05, 0) is 83.5 Å². The van der Waals surface area contributed by atoms with Crippen LogP contribution in [0.4, 0.5) is 11.4 Å². The maximum absolute atomic E-state index is 6.25. The first-order valence-corrected chi connectivity index (χ1v) is 11.7. The van der Waals surface area contributed by atoms with Gasteiger partial charge in [-0.2, -0.15) is 0 Å². The highest BCUT2D eigenvalue weighted by molar-refractivity contribution is 5.67. The van der Waals surface area contributed by atoms with Gasteiger partial charge in [0.2, 0.25) is 6.79 Å². The van der Waals surface area contributed by atoms with E-state index in [1.165, 1.54) is 27.8 Å². The summed E-state index contributed by atoms with van der Waals surface area (Å²) in [6.45, 7) is 4.40. The fourth-order valence-corrected chi connectivity index (χ4v) is 5.72. The summed E-state index contributed by atoms with van der Waals surface area (Å²) in [4.78, 5) is 0. The number of fused-ring (bicyclic) bond motifs is 2. The summed E-state index contributed by atoms with van der Waals surface area (Å²) in [5.74, 6) is 1.83. The molecule has 4 nitrogen and oxygen atoms in total. The van der Waals surface area contributed by atoms with Crippen LogP contribution in [0.1, 0.15) is 51.3 Å². The summed E-state index contributed by atoms with van der Waals surface area (Å²) in [6.07, 6.45) is 0.891. The highest BCUT2D eigenvalue weighted by atomic mass is 16.7. The van der Waals surface area contributed by atoms with Crippen LogP contribution in [0.5, 0.6) is 11.5 Å². The predicted octanol–water partition coefficient (Wildman–Crippen LogP) is 6.07. The van der Waals surface area contributed by atoms with Crippen LogP contribution in [0.15, 0.2) is 78.9 Å². The van der Waals surface area contributed by atoms with Gasteiger partial charge >= 0.3 is 0 Å². The van der Waals surface area contributed by atoms with Crippen LogP contribution in [0.2, 0.25) is 0 Å². The molecule has 4 N–H and O–H groups in total. The molecule has 4 aromatic carbocycles. The van der Waals surface area contributed by atoms with Crippen molar-refractivity contribution in [3.05, 3.63) is 118 Å². The van der Waals surface area contributed by atoms with Gasteiger partial charge in [0.15, 0.2) is 11.5 Å². The molecule has 34 heavy (non-hydrogen) atoms. The molecule has 4 aromatic rings. The van der Waals surface area contributed by atoms with E-state index in [4.69, 9.17) is 20.9 Å². The number of anilines is 2. The molecule has 0 radical (unpaired) electrons. The van der Waals surface area contributed by atoms with Crippen molar-refractivity contribution in [2.75, 3.05) is 18.3 Å². The fraction of sp³-hybridized carbons (Fsp3) is 0.200. The smallest absolute Gasteiger partial charge is 0.231 e. The quantitative estimate of drug-likeness (QED) is 0.373. The molecule has 2 aliphatic rings. The number of ether oxygens (including phenoxy) is 2. The van der Waals surface area contributed by atoms with Crippen molar-refractivity contribution in [2.45, 2.75) is 31.6 Å². The Morgan fingerprint density at radius 1 is 0.735 bits per heavy atom. The Morgan fingerprint density at radius 2 is 1.32 bits per heavy atom. The Morgan fingerprint density at radius 3 is 1.91 bits per heavy atom. The number of benzene rings is 4. The van der Waals surface area contributed by atoms with Crippen LogP contribution in [-0.2, 0) is 5.41 Å². The molecule has 0 amide bonds. The van der Waals surface area contributed by atoms with Crippen LogP contribution >= 0.6 is 0 Å². The van der Waals surface area contributed by atoms with Gasteiger partial charge in [-0.3, -0.25) is 0 Å². The predicted molar refractivity (Wildman–Crippen MR) is 137 cm³/mol. The van der Waals surface area contributed by atoms with E-state index in [2.05, 4.69) is 80.6 Å². The standard InChI is InChI=1S/C30H28N2O2/c1-18-12-21(8-10-26(18)31)30(22-9-11-27(32)19(2)13-22)16-24(20-6-4-3-5-7-20)23-14-28-29(15-25(23)30)34-17-33-28/h3-15,24H,16-17,31-32H2,1-2H3. The largest absolute Gasteiger partial charge is 0.454 e. The molecule has 1 aliphatic carbocycles. The summed E-state index contributed by atoms with van der Waals surface area (Å²) in [6, 6.07) is 28.0. The maximum Gasteiger partial charge on any atom is 0.231 e. The van der Waals surface area contributed by atoms with E-state index >= 15 is 0 Å². The summed E-state index contributed by atoms with van der Waals surface area (Å²) in [7, 11) is 0. The summed E-state index contributed by atoms with van der Waals surface area (Å²) >= 11 is 0. The third-order valence-electron chi connectivity index (χ3n) is 7.62. The fourth-order valence-electron chi connectivity index (χ4n) is 5.72. The highest BCUT2D eigenvalue weighted by Gasteiger charge is 2.48. The van der Waals surface area contributed by atoms with Crippen molar-refractivity contribution in [1.82, 2.24) is 0 Å². The van der Waals surface area contributed by atoms with Gasteiger partial charge in [0.05, 0.1) is 0 Å². The van der Waals surface area contributed by atoms with E-state index in [9.17, 15) is 0 Å². The molecule has 4 heteroatoms. The average molecular weight is 449 g/mol. The number of hydrogen-bond donors (Lipinski definition) is 2. The summed E-state index contributed by atoms with van der Waals surface area (Å²) in [5, 5.41) is 0. The topological polar surface area (TPSA) is 70.5 Å². The number of nitrogen functional groups attached to an aromatic ring is 2. The zero-order valence-electron chi connectivity index (χ0n) is 19.5. The lowest BCUT2D eigenvalue weighted by atomic mass is 9.69. The second-order valence-electron chi connectivity index (χ2n) is 9.51. The number of nitrogens with two attached hydrogens (primary N) is 2. The lowest BCUT2D eigenvalue weighted by Gasteiger charge is -2.34. The van der Waals surface area contributed by atoms with Crippen LogP contribution in [0.3, 0.4) is 0 Å². The molecule has 1 atom stereocenters. The third kappa shape index (κ3) is 2.98. The van der Waals surface area contributed by atoms with Crippen molar-refractivity contribution in [2.24, 2.45) is 0 Å². The molecule has 0 spiro atoms. The normalized spacial score (nSPS) is 17.5. The van der Waals surface area contributed by atoms with Gasteiger partial charge in [-0.25, -0.2) is 0 Å². The second kappa shape index (κ2) is 7.56. The Hall–Kier alpha value is -3.92. The molecule has 170 valence electrons. The van der Waals surface area contributed by atoms with Gasteiger partial charge < -0.3 is 20.9 Å². The average Bonchev–Trinajstić information content (AvgIpc) is 3.44. The molecule has 1 aliphatic heterocycles. The van der Waals surface area contributed by atoms with Gasteiger partial charge in [-0.1, -0.05) is 54.6 Å². The molecule has 6 rings (SSSR count). The van der Waals surface area contributed by atoms with Crippen molar-refractivity contribution in [3.8, 4) is 11.5 Å². The number of aryl methyl sites for hydroxylation is 2. The lowest BCUT2D eigenvalue weighted by molar-refractivity contribution is 0.174.